The van der Waals surface area contributed by atoms with Gasteiger partial charge >= 0.3 is 12.1 Å². The van der Waals surface area contributed by atoms with Crippen molar-refractivity contribution in [2.45, 2.75) is 6.10 Å². The molecule has 30 heavy (non-hydrogen) atoms. The first-order chi connectivity index (χ1) is 14.4. The minimum Gasteiger partial charge on any atom is -0.474 e. The fourth-order valence-corrected chi connectivity index (χ4v) is 3.32. The molecule has 2 saturated heterocycles. The summed E-state index contributed by atoms with van der Waals surface area (Å²) in [6, 6.07) is 3.83. The maximum atomic E-state index is 14.8. The summed E-state index contributed by atoms with van der Waals surface area (Å²) in [5.41, 5.74) is 5.14. The first-order valence-corrected chi connectivity index (χ1v) is 9.63. The number of hydrogen-bond donors (Lipinski definition) is 4. The van der Waals surface area contributed by atoms with E-state index in [1.807, 2.05) is 0 Å². The molecule has 0 saturated carbocycles. The molecule has 1 aromatic carbocycles. The Balaban J connectivity index is 1.64. The average molecular weight is 442 g/mol. The monoisotopic (exact) mass is 442 g/mol. The van der Waals surface area contributed by atoms with Crippen LogP contribution in [0.15, 0.2) is 18.2 Å². The lowest BCUT2D eigenvalue weighted by Gasteiger charge is -2.24. The second-order valence-electron chi connectivity index (χ2n) is 6.59. The van der Waals surface area contributed by atoms with Gasteiger partial charge in [-0.2, -0.15) is 0 Å². The van der Waals surface area contributed by atoms with Gasteiger partial charge in [0.25, 0.3) is 5.17 Å². The number of carbonyl (C=O) groups is 2. The number of benzene rings is 1. The molecule has 3 amide bonds. The Labute approximate surface area is 177 Å². The Hall–Kier alpha value is -2.90. The van der Waals surface area contributed by atoms with E-state index in [9.17, 15) is 14.0 Å². The molecule has 1 aromatic rings. The summed E-state index contributed by atoms with van der Waals surface area (Å²) < 4.78 is 25.0. The standard InChI is InChI=1S/C17H23FN6O5S/c1-28-16(30)19-9-12-10-23(17(26)29-12)11-2-3-14(13(18)8-11)22-5-4-20-24(7-6-22)15(25)21-27/h2-3,8,12,20,27H,4-7,9-10H2,1H3,(H,19,30)(H,21,25)/t12-/m0/s1. The quantitative estimate of drug-likeness (QED) is 0.298. The molecule has 0 aliphatic carbocycles. The number of hydrazine groups is 1. The zero-order chi connectivity index (χ0) is 21.7. The number of anilines is 2. The molecule has 0 radical (unpaired) electrons. The van der Waals surface area contributed by atoms with Gasteiger partial charge in [-0.25, -0.2) is 24.9 Å². The Morgan fingerprint density at radius 2 is 2.23 bits per heavy atom. The summed E-state index contributed by atoms with van der Waals surface area (Å²) in [6.45, 7) is 1.96. The number of ether oxygens (including phenoxy) is 2. The number of nitrogens with one attached hydrogen (secondary N) is 3. The minimum absolute atomic E-state index is 0.196. The third-order valence-electron chi connectivity index (χ3n) is 4.74. The Kier molecular flexibility index (Phi) is 7.07. The second kappa shape index (κ2) is 9.73. The van der Waals surface area contributed by atoms with Crippen molar-refractivity contribution in [1.29, 1.82) is 0 Å². The zero-order valence-corrected chi connectivity index (χ0v) is 17.1. The van der Waals surface area contributed by atoms with Gasteiger partial charge in [0.05, 0.1) is 38.1 Å². The fraction of sp³-hybridized carbons (Fsp3) is 0.471. The van der Waals surface area contributed by atoms with Crippen molar-refractivity contribution in [3.05, 3.63) is 24.0 Å². The maximum Gasteiger partial charge on any atom is 0.414 e. The molecule has 1 atom stereocenters. The number of rotatable bonds is 4. The van der Waals surface area contributed by atoms with Gasteiger partial charge in [0.1, 0.15) is 11.9 Å². The largest absolute Gasteiger partial charge is 0.474 e. The summed E-state index contributed by atoms with van der Waals surface area (Å²) in [4.78, 5) is 26.8. The van der Waals surface area contributed by atoms with Gasteiger partial charge in [-0.05, 0) is 30.4 Å². The van der Waals surface area contributed by atoms with Crippen LogP contribution in [-0.4, -0.2) is 80.0 Å². The summed E-state index contributed by atoms with van der Waals surface area (Å²) in [5.74, 6) is -0.498. The highest BCUT2D eigenvalue weighted by Crippen LogP contribution is 2.28. The van der Waals surface area contributed by atoms with Crippen molar-refractivity contribution in [1.82, 2.24) is 21.2 Å². The van der Waals surface area contributed by atoms with E-state index < -0.39 is 24.0 Å². The van der Waals surface area contributed by atoms with Crippen molar-refractivity contribution in [2.24, 2.45) is 0 Å². The van der Waals surface area contributed by atoms with Crippen molar-refractivity contribution >= 4 is 40.9 Å². The molecular weight excluding hydrogens is 419 g/mol. The van der Waals surface area contributed by atoms with E-state index in [-0.39, 0.29) is 24.8 Å². The van der Waals surface area contributed by atoms with Crippen molar-refractivity contribution in [3.63, 3.8) is 0 Å². The van der Waals surface area contributed by atoms with Crippen LogP contribution in [0.25, 0.3) is 0 Å². The molecule has 2 aliphatic heterocycles. The van der Waals surface area contributed by atoms with Crippen LogP contribution in [0.5, 0.6) is 0 Å². The predicted octanol–water partition coefficient (Wildman–Crippen LogP) is 0.397. The number of carbonyl (C=O) groups excluding carboxylic acids is 2. The van der Waals surface area contributed by atoms with Gasteiger partial charge in [0.2, 0.25) is 0 Å². The van der Waals surface area contributed by atoms with Gasteiger partial charge in [0.15, 0.2) is 0 Å². The lowest BCUT2D eigenvalue weighted by Crippen LogP contribution is -2.48. The molecule has 0 unspecified atom stereocenters. The molecule has 0 spiro atoms. The SMILES string of the molecule is COC(=S)NC[C@H]1CN(c2ccc(N3CCNN(C(=O)NO)CC3)c(F)c2)C(=O)O1. The molecule has 11 nitrogen and oxygen atoms in total. The molecular formula is C17H23FN6O5S. The molecule has 4 N–H and O–H groups in total. The molecule has 13 heteroatoms. The topological polar surface area (TPSA) is 119 Å². The van der Waals surface area contributed by atoms with Crippen LogP contribution >= 0.6 is 12.2 Å². The van der Waals surface area contributed by atoms with Crippen LogP contribution in [-0.2, 0) is 9.47 Å². The summed E-state index contributed by atoms with van der Waals surface area (Å²) in [7, 11) is 1.44. The summed E-state index contributed by atoms with van der Waals surface area (Å²) in [5, 5.41) is 13.0. The van der Waals surface area contributed by atoms with E-state index in [0.29, 0.717) is 31.0 Å². The highest BCUT2D eigenvalue weighted by atomic mass is 32.1. The van der Waals surface area contributed by atoms with E-state index in [2.05, 4.69) is 10.7 Å². The van der Waals surface area contributed by atoms with Crippen LogP contribution in [0.3, 0.4) is 0 Å². The van der Waals surface area contributed by atoms with Crippen LogP contribution in [0.1, 0.15) is 0 Å². The lowest BCUT2D eigenvalue weighted by molar-refractivity contribution is 0.116. The van der Waals surface area contributed by atoms with Gasteiger partial charge in [-0.3, -0.25) is 15.1 Å². The van der Waals surface area contributed by atoms with Crippen molar-refractivity contribution in [2.75, 3.05) is 56.2 Å². The Morgan fingerprint density at radius 3 is 2.93 bits per heavy atom. The first-order valence-electron chi connectivity index (χ1n) is 9.22. The third-order valence-corrected chi connectivity index (χ3v) is 5.05. The number of urea groups is 1. The van der Waals surface area contributed by atoms with Crippen LogP contribution in [0, 0.1) is 5.82 Å². The molecule has 164 valence electrons. The molecule has 0 bridgehead atoms. The number of nitrogens with zero attached hydrogens (tertiary/aromatic N) is 3. The number of methoxy groups -OCH3 is 1. The van der Waals surface area contributed by atoms with E-state index >= 15 is 0 Å². The third kappa shape index (κ3) is 4.98. The predicted molar refractivity (Wildman–Crippen MR) is 109 cm³/mol. The number of hydroxylamine groups is 1. The van der Waals surface area contributed by atoms with Gasteiger partial charge < -0.3 is 19.7 Å². The number of hydrogen-bond acceptors (Lipinski definition) is 8. The highest BCUT2D eigenvalue weighted by Gasteiger charge is 2.33. The molecule has 2 fully saturated rings. The highest BCUT2D eigenvalue weighted by molar-refractivity contribution is 7.80. The Bertz CT molecular complexity index is 815. The van der Waals surface area contributed by atoms with E-state index in [0.717, 1.165) is 0 Å². The van der Waals surface area contributed by atoms with E-state index in [1.165, 1.54) is 23.1 Å². The average Bonchev–Trinajstić information content (AvgIpc) is 2.96. The number of halogens is 1. The molecule has 2 heterocycles. The normalized spacial score (nSPS) is 19.2. The number of amides is 3. The lowest BCUT2D eigenvalue weighted by atomic mass is 10.2. The zero-order valence-electron chi connectivity index (χ0n) is 16.3. The summed E-state index contributed by atoms with van der Waals surface area (Å²) >= 11 is 4.89. The maximum absolute atomic E-state index is 14.8. The molecule has 0 aromatic heterocycles. The summed E-state index contributed by atoms with van der Waals surface area (Å²) in [6.07, 6.45) is -1.02. The minimum atomic E-state index is -0.685. The smallest absolute Gasteiger partial charge is 0.414 e. The van der Waals surface area contributed by atoms with E-state index in [1.54, 1.807) is 22.5 Å². The number of thiocarbonyl (C=S) groups is 1. The van der Waals surface area contributed by atoms with Gasteiger partial charge in [-0.15, -0.1) is 0 Å². The van der Waals surface area contributed by atoms with Gasteiger partial charge in [-0.1, -0.05) is 0 Å². The molecule has 2 aliphatic rings. The van der Waals surface area contributed by atoms with Gasteiger partial charge in [0, 0.05) is 19.6 Å². The first kappa shape index (κ1) is 21.8. The van der Waals surface area contributed by atoms with Crippen LogP contribution in [0.2, 0.25) is 0 Å². The van der Waals surface area contributed by atoms with E-state index in [4.69, 9.17) is 26.9 Å². The van der Waals surface area contributed by atoms with Crippen LogP contribution < -0.4 is 26.0 Å². The molecule has 3 rings (SSSR count). The van der Waals surface area contributed by atoms with Crippen molar-refractivity contribution < 1.29 is 28.7 Å². The fourth-order valence-electron chi connectivity index (χ4n) is 3.23. The Morgan fingerprint density at radius 1 is 1.43 bits per heavy atom. The van der Waals surface area contributed by atoms with Crippen LogP contribution in [0.4, 0.5) is 25.4 Å². The second-order valence-corrected chi connectivity index (χ2v) is 6.96. The van der Waals surface area contributed by atoms with Crippen molar-refractivity contribution in [3.8, 4) is 0 Å². The number of cyclic esters (lactones) is 1.